The van der Waals surface area contributed by atoms with Crippen molar-refractivity contribution in [1.82, 2.24) is 0 Å². The highest BCUT2D eigenvalue weighted by Gasteiger charge is 2.03. The van der Waals surface area contributed by atoms with Crippen LogP contribution in [-0.2, 0) is 0 Å². The van der Waals surface area contributed by atoms with Gasteiger partial charge in [0.2, 0.25) is 0 Å². The Balaban J connectivity index is 2.87. The number of hydrogen-bond donors (Lipinski definition) is 0. The van der Waals surface area contributed by atoms with Gasteiger partial charge >= 0.3 is 0 Å². The summed E-state index contributed by atoms with van der Waals surface area (Å²) in [6.45, 7) is 0. The van der Waals surface area contributed by atoms with E-state index >= 15 is 0 Å². The fraction of sp³-hybridized carbons (Fsp3) is 0.0833. The number of fused-ring (bicyclic) bond motifs is 1. The van der Waals surface area contributed by atoms with Crippen molar-refractivity contribution in [2.24, 2.45) is 0 Å². The molecule has 0 heterocycles. The molecular weight excluding hydrogens is 190 g/mol. The SMILES string of the molecule is CSc1ccc(C#N)c2ccccc12. The summed E-state index contributed by atoms with van der Waals surface area (Å²) < 4.78 is 0. The Morgan fingerprint density at radius 2 is 1.79 bits per heavy atom. The van der Waals surface area contributed by atoms with Crippen molar-refractivity contribution in [1.29, 1.82) is 5.26 Å². The number of nitriles is 1. The molecule has 0 spiro atoms. The second kappa shape index (κ2) is 3.73. The quantitative estimate of drug-likeness (QED) is 0.657. The lowest BCUT2D eigenvalue weighted by atomic mass is 10.1. The van der Waals surface area contributed by atoms with Crippen LogP contribution < -0.4 is 0 Å². The second-order valence-electron chi connectivity index (χ2n) is 2.97. The number of thioether (sulfide) groups is 1. The number of rotatable bonds is 1. The van der Waals surface area contributed by atoms with E-state index < -0.39 is 0 Å². The van der Waals surface area contributed by atoms with E-state index in [-0.39, 0.29) is 0 Å². The predicted molar refractivity (Wildman–Crippen MR) is 60.4 cm³/mol. The van der Waals surface area contributed by atoms with Crippen molar-refractivity contribution in [2.75, 3.05) is 6.26 Å². The Hall–Kier alpha value is -1.46. The molecule has 0 aliphatic heterocycles. The zero-order valence-electron chi connectivity index (χ0n) is 7.82. The van der Waals surface area contributed by atoms with Crippen molar-refractivity contribution in [3.63, 3.8) is 0 Å². The van der Waals surface area contributed by atoms with E-state index in [1.165, 1.54) is 10.3 Å². The van der Waals surface area contributed by atoms with Gasteiger partial charge in [0, 0.05) is 10.3 Å². The molecule has 68 valence electrons. The molecule has 1 nitrogen and oxygen atoms in total. The summed E-state index contributed by atoms with van der Waals surface area (Å²) in [5, 5.41) is 11.2. The van der Waals surface area contributed by atoms with Gasteiger partial charge in [0.25, 0.3) is 0 Å². The van der Waals surface area contributed by atoms with Crippen LogP contribution in [0.1, 0.15) is 5.56 Å². The molecule has 2 rings (SSSR count). The van der Waals surface area contributed by atoms with Gasteiger partial charge in [0.15, 0.2) is 0 Å². The molecule has 0 amide bonds. The summed E-state index contributed by atoms with van der Waals surface area (Å²) in [6, 6.07) is 14.1. The second-order valence-corrected chi connectivity index (χ2v) is 3.82. The lowest BCUT2D eigenvalue weighted by Crippen LogP contribution is -1.81. The lowest BCUT2D eigenvalue weighted by molar-refractivity contribution is 1.47. The minimum atomic E-state index is 0.749. The fourth-order valence-corrected chi connectivity index (χ4v) is 2.15. The van der Waals surface area contributed by atoms with Gasteiger partial charge in [-0.3, -0.25) is 0 Å². The van der Waals surface area contributed by atoms with Gasteiger partial charge in [-0.05, 0) is 23.8 Å². The molecule has 0 N–H and O–H groups in total. The topological polar surface area (TPSA) is 23.8 Å². The fourth-order valence-electron chi connectivity index (χ4n) is 1.55. The molecule has 0 aliphatic carbocycles. The van der Waals surface area contributed by atoms with Crippen molar-refractivity contribution in [3.05, 3.63) is 42.0 Å². The molecule has 0 bridgehead atoms. The van der Waals surface area contributed by atoms with Gasteiger partial charge in [-0.25, -0.2) is 0 Å². The molecule has 0 fully saturated rings. The van der Waals surface area contributed by atoms with Crippen LogP contribution in [0.15, 0.2) is 41.3 Å². The highest BCUT2D eigenvalue weighted by molar-refractivity contribution is 7.98. The average molecular weight is 199 g/mol. The number of hydrogen-bond acceptors (Lipinski definition) is 2. The van der Waals surface area contributed by atoms with E-state index in [1.54, 1.807) is 11.8 Å². The maximum Gasteiger partial charge on any atom is 0.0998 e. The molecule has 0 aromatic heterocycles. The van der Waals surface area contributed by atoms with Crippen LogP contribution in [0.4, 0.5) is 0 Å². The molecule has 2 aromatic carbocycles. The Bertz CT molecular complexity index is 511. The van der Waals surface area contributed by atoms with Gasteiger partial charge in [-0.1, -0.05) is 24.3 Å². The van der Waals surface area contributed by atoms with Crippen molar-refractivity contribution in [3.8, 4) is 6.07 Å². The van der Waals surface area contributed by atoms with Crippen LogP contribution in [0.2, 0.25) is 0 Å². The molecule has 0 saturated carbocycles. The van der Waals surface area contributed by atoms with E-state index in [4.69, 9.17) is 5.26 Å². The van der Waals surface area contributed by atoms with E-state index in [1.807, 2.05) is 36.6 Å². The van der Waals surface area contributed by atoms with Crippen molar-refractivity contribution in [2.45, 2.75) is 4.90 Å². The lowest BCUT2D eigenvalue weighted by Gasteiger charge is -2.04. The normalized spacial score (nSPS) is 10.0. The summed E-state index contributed by atoms with van der Waals surface area (Å²) >= 11 is 1.71. The van der Waals surface area contributed by atoms with E-state index in [0.29, 0.717) is 0 Å². The van der Waals surface area contributed by atoms with E-state index in [2.05, 4.69) is 12.1 Å². The van der Waals surface area contributed by atoms with Gasteiger partial charge in [-0.15, -0.1) is 11.8 Å². The van der Waals surface area contributed by atoms with Gasteiger partial charge in [-0.2, -0.15) is 5.26 Å². The Labute approximate surface area is 87.4 Å². The maximum absolute atomic E-state index is 8.94. The zero-order valence-corrected chi connectivity index (χ0v) is 8.64. The summed E-state index contributed by atoms with van der Waals surface area (Å²) in [7, 11) is 0. The van der Waals surface area contributed by atoms with Crippen molar-refractivity contribution < 1.29 is 0 Å². The Kier molecular flexibility index (Phi) is 2.43. The predicted octanol–water partition coefficient (Wildman–Crippen LogP) is 3.43. The molecule has 0 radical (unpaired) electrons. The minimum Gasteiger partial charge on any atom is -0.192 e. The van der Waals surface area contributed by atoms with Gasteiger partial charge in [0.05, 0.1) is 11.6 Å². The summed E-state index contributed by atoms with van der Waals surface area (Å²) in [6.07, 6.45) is 2.05. The van der Waals surface area contributed by atoms with Crippen LogP contribution in [0.25, 0.3) is 10.8 Å². The van der Waals surface area contributed by atoms with Crippen LogP contribution >= 0.6 is 11.8 Å². The third-order valence-corrected chi connectivity index (χ3v) is 3.02. The average Bonchev–Trinajstić information content (AvgIpc) is 2.27. The van der Waals surface area contributed by atoms with Gasteiger partial charge < -0.3 is 0 Å². The molecule has 0 saturated heterocycles. The van der Waals surface area contributed by atoms with Crippen LogP contribution in [-0.4, -0.2) is 6.26 Å². The van der Waals surface area contributed by atoms with Gasteiger partial charge in [0.1, 0.15) is 0 Å². The first-order valence-corrected chi connectivity index (χ1v) is 5.55. The first-order chi connectivity index (χ1) is 6.86. The summed E-state index contributed by atoms with van der Waals surface area (Å²) in [5.74, 6) is 0. The van der Waals surface area contributed by atoms with E-state index in [0.717, 1.165) is 10.9 Å². The first kappa shape index (κ1) is 9.11. The zero-order chi connectivity index (χ0) is 9.97. The molecule has 0 unspecified atom stereocenters. The summed E-state index contributed by atoms with van der Waals surface area (Å²) in [4.78, 5) is 1.22. The Morgan fingerprint density at radius 1 is 1.07 bits per heavy atom. The minimum absolute atomic E-state index is 0.749. The van der Waals surface area contributed by atoms with Crippen LogP contribution in [0, 0.1) is 11.3 Å². The number of nitrogens with zero attached hydrogens (tertiary/aromatic N) is 1. The van der Waals surface area contributed by atoms with Crippen molar-refractivity contribution >= 4 is 22.5 Å². The monoisotopic (exact) mass is 199 g/mol. The Morgan fingerprint density at radius 3 is 2.43 bits per heavy atom. The van der Waals surface area contributed by atoms with Crippen LogP contribution in [0.3, 0.4) is 0 Å². The molecular formula is C12H9NS. The largest absolute Gasteiger partial charge is 0.192 e. The molecule has 0 aliphatic rings. The highest BCUT2D eigenvalue weighted by Crippen LogP contribution is 2.28. The highest BCUT2D eigenvalue weighted by atomic mass is 32.2. The standard InChI is InChI=1S/C12H9NS/c1-14-12-7-6-9(8-13)10-4-2-3-5-11(10)12/h2-7H,1H3. The summed E-state index contributed by atoms with van der Waals surface area (Å²) in [5.41, 5.74) is 0.749. The molecule has 2 heteroatoms. The molecule has 2 aromatic rings. The maximum atomic E-state index is 8.94. The number of benzene rings is 2. The van der Waals surface area contributed by atoms with E-state index in [9.17, 15) is 0 Å². The third-order valence-electron chi connectivity index (χ3n) is 2.22. The smallest absolute Gasteiger partial charge is 0.0998 e. The van der Waals surface area contributed by atoms with Crippen LogP contribution in [0.5, 0.6) is 0 Å². The molecule has 14 heavy (non-hydrogen) atoms. The molecule has 0 atom stereocenters. The first-order valence-electron chi connectivity index (χ1n) is 4.32. The third kappa shape index (κ3) is 1.36.